The fourth-order valence-corrected chi connectivity index (χ4v) is 2.64. The van der Waals surface area contributed by atoms with Crippen molar-refractivity contribution in [2.45, 2.75) is 52.5 Å². The molecule has 4 nitrogen and oxygen atoms in total. The van der Waals surface area contributed by atoms with E-state index in [1.54, 1.807) is 0 Å². The summed E-state index contributed by atoms with van der Waals surface area (Å²) in [6.45, 7) is 10.0. The lowest BCUT2D eigenvalue weighted by Crippen LogP contribution is -2.33. The number of rotatable bonds is 4. The van der Waals surface area contributed by atoms with E-state index in [1.807, 2.05) is 24.0 Å². The van der Waals surface area contributed by atoms with Crippen LogP contribution in [-0.4, -0.2) is 34.9 Å². The maximum atomic E-state index is 12.7. The van der Waals surface area contributed by atoms with Crippen molar-refractivity contribution in [2.24, 2.45) is 0 Å². The van der Waals surface area contributed by atoms with E-state index in [4.69, 9.17) is 0 Å². The van der Waals surface area contributed by atoms with E-state index >= 15 is 0 Å². The van der Waals surface area contributed by atoms with Gasteiger partial charge in [0.15, 0.2) is 0 Å². The van der Waals surface area contributed by atoms with Crippen LogP contribution in [0.4, 0.5) is 5.82 Å². The predicted molar refractivity (Wildman–Crippen MR) is 82.2 cm³/mol. The highest BCUT2D eigenvalue weighted by atomic mass is 16.2. The zero-order valence-corrected chi connectivity index (χ0v) is 12.9. The Kier molecular flexibility index (Phi) is 4.63. The molecule has 1 aliphatic heterocycles. The molecule has 0 aromatic carbocycles. The highest BCUT2D eigenvalue weighted by Crippen LogP contribution is 2.23. The maximum Gasteiger partial charge on any atom is 0.254 e. The molecule has 4 heteroatoms. The summed E-state index contributed by atoms with van der Waals surface area (Å²) in [5, 5.41) is 3.22. The van der Waals surface area contributed by atoms with Gasteiger partial charge < -0.3 is 10.2 Å². The molecule has 1 aromatic heterocycles. The molecule has 2 heterocycles. The molecule has 1 N–H and O–H groups in total. The van der Waals surface area contributed by atoms with E-state index in [-0.39, 0.29) is 5.91 Å². The van der Waals surface area contributed by atoms with Gasteiger partial charge in [-0.15, -0.1) is 0 Å². The van der Waals surface area contributed by atoms with Gasteiger partial charge in [0.25, 0.3) is 5.91 Å². The van der Waals surface area contributed by atoms with E-state index < -0.39 is 0 Å². The first-order valence-corrected chi connectivity index (χ1v) is 7.59. The van der Waals surface area contributed by atoms with E-state index in [0.717, 1.165) is 43.0 Å². The van der Waals surface area contributed by atoms with Crippen LogP contribution < -0.4 is 5.32 Å². The van der Waals surface area contributed by atoms with Crippen LogP contribution in [0.25, 0.3) is 0 Å². The topological polar surface area (TPSA) is 45.2 Å². The average Bonchev–Trinajstić information content (AvgIpc) is 2.84. The Morgan fingerprint density at radius 2 is 2.25 bits per heavy atom. The quantitative estimate of drug-likeness (QED) is 0.917. The molecule has 1 amide bonds. The fourth-order valence-electron chi connectivity index (χ4n) is 2.64. The third kappa shape index (κ3) is 3.11. The SMILES string of the molecule is CCNc1cc(C(=O)N2CCCC2C)cc(C(C)C)n1. The molecule has 0 saturated carbocycles. The van der Waals surface area contributed by atoms with Crippen LogP contribution in [0, 0.1) is 0 Å². The van der Waals surface area contributed by atoms with Crippen LogP contribution in [0.2, 0.25) is 0 Å². The van der Waals surface area contributed by atoms with Crippen molar-refractivity contribution in [2.75, 3.05) is 18.4 Å². The van der Waals surface area contributed by atoms with Crippen LogP contribution in [0.15, 0.2) is 12.1 Å². The lowest BCUT2D eigenvalue weighted by atomic mass is 10.1. The number of pyridine rings is 1. The molecule has 1 aliphatic rings. The first-order chi connectivity index (χ1) is 9.52. The van der Waals surface area contributed by atoms with Gasteiger partial charge in [0.05, 0.1) is 0 Å². The Hall–Kier alpha value is -1.58. The summed E-state index contributed by atoms with van der Waals surface area (Å²) in [5.41, 5.74) is 1.73. The lowest BCUT2D eigenvalue weighted by Gasteiger charge is -2.22. The summed E-state index contributed by atoms with van der Waals surface area (Å²) in [6.07, 6.45) is 2.21. The number of anilines is 1. The van der Waals surface area contributed by atoms with Crippen molar-refractivity contribution in [1.29, 1.82) is 0 Å². The molecule has 20 heavy (non-hydrogen) atoms. The number of aromatic nitrogens is 1. The molecule has 0 bridgehead atoms. The molecule has 1 saturated heterocycles. The molecule has 1 atom stereocenters. The average molecular weight is 275 g/mol. The predicted octanol–water partition coefficient (Wildman–Crippen LogP) is 3.26. The number of carbonyl (C=O) groups excluding carboxylic acids is 1. The Morgan fingerprint density at radius 1 is 1.50 bits per heavy atom. The van der Waals surface area contributed by atoms with Crippen molar-refractivity contribution >= 4 is 11.7 Å². The molecule has 0 aliphatic carbocycles. The summed E-state index contributed by atoms with van der Waals surface area (Å²) < 4.78 is 0. The van der Waals surface area contributed by atoms with Gasteiger partial charge in [0.2, 0.25) is 0 Å². The lowest BCUT2D eigenvalue weighted by molar-refractivity contribution is 0.0747. The van der Waals surface area contributed by atoms with Crippen molar-refractivity contribution < 1.29 is 4.79 Å². The summed E-state index contributed by atoms with van der Waals surface area (Å²) in [7, 11) is 0. The van der Waals surface area contributed by atoms with E-state index in [2.05, 4.69) is 31.1 Å². The van der Waals surface area contributed by atoms with Gasteiger partial charge in [-0.3, -0.25) is 4.79 Å². The van der Waals surface area contributed by atoms with Crippen molar-refractivity contribution in [3.63, 3.8) is 0 Å². The standard InChI is InChI=1S/C16H25N3O/c1-5-17-15-10-13(9-14(18-15)11(2)3)16(20)19-8-6-7-12(19)4/h9-12H,5-8H2,1-4H3,(H,17,18). The van der Waals surface area contributed by atoms with Gasteiger partial charge in [0, 0.05) is 30.4 Å². The Bertz CT molecular complexity index is 485. The smallest absolute Gasteiger partial charge is 0.254 e. The number of likely N-dealkylation sites (tertiary alicyclic amines) is 1. The number of nitrogens with one attached hydrogen (secondary N) is 1. The summed E-state index contributed by atoms with van der Waals surface area (Å²) in [4.78, 5) is 19.2. The van der Waals surface area contributed by atoms with Crippen molar-refractivity contribution in [3.05, 3.63) is 23.4 Å². The van der Waals surface area contributed by atoms with E-state index in [0.29, 0.717) is 12.0 Å². The molecule has 1 aromatic rings. The molecule has 1 unspecified atom stereocenters. The summed E-state index contributed by atoms with van der Waals surface area (Å²) >= 11 is 0. The molecular weight excluding hydrogens is 250 g/mol. The van der Waals surface area contributed by atoms with Gasteiger partial charge in [-0.25, -0.2) is 4.98 Å². The van der Waals surface area contributed by atoms with Crippen LogP contribution in [-0.2, 0) is 0 Å². The highest BCUT2D eigenvalue weighted by molar-refractivity contribution is 5.95. The number of hydrogen-bond acceptors (Lipinski definition) is 3. The van der Waals surface area contributed by atoms with Crippen LogP contribution in [0.3, 0.4) is 0 Å². The molecule has 0 spiro atoms. The minimum absolute atomic E-state index is 0.137. The fraction of sp³-hybridized carbons (Fsp3) is 0.625. The van der Waals surface area contributed by atoms with E-state index in [1.165, 1.54) is 0 Å². The number of hydrogen-bond donors (Lipinski definition) is 1. The number of nitrogens with zero attached hydrogens (tertiary/aromatic N) is 2. The first kappa shape index (κ1) is 14.8. The highest BCUT2D eigenvalue weighted by Gasteiger charge is 2.26. The third-order valence-corrected chi connectivity index (χ3v) is 3.86. The van der Waals surface area contributed by atoms with Gasteiger partial charge in [-0.2, -0.15) is 0 Å². The minimum Gasteiger partial charge on any atom is -0.370 e. The third-order valence-electron chi connectivity index (χ3n) is 3.86. The molecule has 2 rings (SSSR count). The monoisotopic (exact) mass is 275 g/mol. The Morgan fingerprint density at radius 3 is 2.80 bits per heavy atom. The van der Waals surface area contributed by atoms with Crippen molar-refractivity contribution in [1.82, 2.24) is 9.88 Å². The zero-order chi connectivity index (χ0) is 14.7. The van der Waals surface area contributed by atoms with E-state index in [9.17, 15) is 4.79 Å². The van der Waals surface area contributed by atoms with Crippen LogP contribution >= 0.6 is 0 Å². The molecular formula is C16H25N3O. The van der Waals surface area contributed by atoms with Gasteiger partial charge in [-0.1, -0.05) is 13.8 Å². The second kappa shape index (κ2) is 6.25. The summed E-state index contributed by atoms with van der Waals surface area (Å²) in [5.74, 6) is 1.25. The Balaban J connectivity index is 2.31. The first-order valence-electron chi connectivity index (χ1n) is 7.59. The number of carbonyl (C=O) groups is 1. The minimum atomic E-state index is 0.137. The van der Waals surface area contributed by atoms with Crippen molar-refractivity contribution in [3.8, 4) is 0 Å². The Labute approximate surface area is 121 Å². The largest absolute Gasteiger partial charge is 0.370 e. The zero-order valence-electron chi connectivity index (χ0n) is 12.9. The van der Waals surface area contributed by atoms with Crippen LogP contribution in [0.5, 0.6) is 0 Å². The van der Waals surface area contributed by atoms with Crippen LogP contribution in [0.1, 0.15) is 62.5 Å². The number of amides is 1. The second-order valence-electron chi connectivity index (χ2n) is 5.84. The molecule has 110 valence electrons. The maximum absolute atomic E-state index is 12.7. The van der Waals surface area contributed by atoms with Gasteiger partial charge in [-0.05, 0) is 44.7 Å². The molecule has 0 radical (unpaired) electrons. The normalized spacial score (nSPS) is 18.6. The van der Waals surface area contributed by atoms with Gasteiger partial charge in [0.1, 0.15) is 5.82 Å². The summed E-state index contributed by atoms with van der Waals surface area (Å²) in [6, 6.07) is 4.17. The van der Waals surface area contributed by atoms with Gasteiger partial charge >= 0.3 is 0 Å². The second-order valence-corrected chi connectivity index (χ2v) is 5.84. The molecule has 1 fully saturated rings.